The molecule has 0 aromatic carbocycles. The molecule has 0 aromatic rings. The van der Waals surface area contributed by atoms with Crippen molar-refractivity contribution in [2.75, 3.05) is 26.3 Å². The Hall–Kier alpha value is -0.150. The van der Waals surface area contributed by atoms with Crippen LogP contribution in [0.2, 0.25) is 0 Å². The fourth-order valence-corrected chi connectivity index (χ4v) is 2.48. The van der Waals surface area contributed by atoms with E-state index in [0.717, 1.165) is 19.6 Å². The van der Waals surface area contributed by atoms with Gasteiger partial charge in [0.15, 0.2) is 0 Å². The number of hydrogen-bond acceptors (Lipinski definition) is 2. The van der Waals surface area contributed by atoms with Crippen molar-refractivity contribution >= 4 is 0 Å². The number of alkyl halides is 1. The van der Waals surface area contributed by atoms with Crippen LogP contribution in [-0.4, -0.2) is 53.2 Å². The Balaban J connectivity index is 2.72. The minimum absolute atomic E-state index is 0.0491. The number of hydrogen-bond donors (Lipinski definition) is 0. The molecule has 0 saturated carbocycles. The molecule has 0 aromatic heterocycles. The smallest absolute Gasteiger partial charge is 0.106 e. The lowest BCUT2D eigenvalue weighted by Gasteiger charge is -2.50. The molecular weight excluding hydrogens is 203 g/mol. The Morgan fingerprint density at radius 2 is 1.56 bits per heavy atom. The lowest BCUT2D eigenvalue weighted by Crippen LogP contribution is -2.63. The van der Waals surface area contributed by atoms with Gasteiger partial charge in [-0.3, -0.25) is 9.80 Å². The molecule has 1 rings (SSSR count). The highest BCUT2D eigenvalue weighted by Crippen LogP contribution is 2.25. The van der Waals surface area contributed by atoms with Gasteiger partial charge in [0, 0.05) is 30.7 Å². The van der Waals surface area contributed by atoms with Crippen LogP contribution in [0.3, 0.4) is 0 Å². The van der Waals surface area contributed by atoms with Gasteiger partial charge in [-0.2, -0.15) is 0 Å². The van der Waals surface area contributed by atoms with Gasteiger partial charge in [0.25, 0.3) is 0 Å². The fourth-order valence-electron chi connectivity index (χ4n) is 2.48. The SMILES string of the molecule is CC(C)(C)N1CCN(C(C)(C)C)C(CF)C1. The minimum atomic E-state index is -0.246. The van der Waals surface area contributed by atoms with Crippen molar-refractivity contribution in [2.24, 2.45) is 0 Å². The standard InChI is InChI=1S/C13H27FN2/c1-12(2,3)15-7-8-16(13(4,5)6)11(9-14)10-15/h11H,7-10H2,1-6H3. The van der Waals surface area contributed by atoms with Gasteiger partial charge in [-0.1, -0.05) is 0 Å². The van der Waals surface area contributed by atoms with Crippen molar-refractivity contribution in [3.8, 4) is 0 Å². The van der Waals surface area contributed by atoms with E-state index < -0.39 is 0 Å². The molecule has 1 aliphatic heterocycles. The van der Waals surface area contributed by atoms with E-state index in [1.807, 2.05) is 0 Å². The molecule has 1 aliphatic rings. The van der Waals surface area contributed by atoms with E-state index in [1.165, 1.54) is 0 Å². The molecule has 2 nitrogen and oxygen atoms in total. The summed E-state index contributed by atoms with van der Waals surface area (Å²) in [5.74, 6) is 0. The first-order valence-corrected chi connectivity index (χ1v) is 6.24. The lowest BCUT2D eigenvalue weighted by atomic mass is 9.97. The Morgan fingerprint density at radius 1 is 1.00 bits per heavy atom. The quantitative estimate of drug-likeness (QED) is 0.683. The average molecular weight is 230 g/mol. The van der Waals surface area contributed by atoms with Crippen molar-refractivity contribution in [3.05, 3.63) is 0 Å². The summed E-state index contributed by atoms with van der Waals surface area (Å²) in [6.07, 6.45) is 0. The van der Waals surface area contributed by atoms with Crippen molar-refractivity contribution < 1.29 is 4.39 Å². The van der Waals surface area contributed by atoms with E-state index in [2.05, 4.69) is 51.3 Å². The molecule has 0 aliphatic carbocycles. The van der Waals surface area contributed by atoms with Gasteiger partial charge in [0.1, 0.15) is 6.67 Å². The first kappa shape index (κ1) is 13.9. The Kier molecular flexibility index (Phi) is 4.01. The minimum Gasteiger partial charge on any atom is -0.296 e. The summed E-state index contributed by atoms with van der Waals surface area (Å²) in [6, 6.07) is 0.0491. The van der Waals surface area contributed by atoms with Crippen LogP contribution in [0.1, 0.15) is 41.5 Å². The molecule has 0 N–H and O–H groups in total. The predicted octanol–water partition coefficient (Wildman–Crippen LogP) is 2.54. The van der Waals surface area contributed by atoms with E-state index in [-0.39, 0.29) is 23.8 Å². The molecule has 0 spiro atoms. The highest BCUT2D eigenvalue weighted by molar-refractivity contribution is 4.92. The third-order valence-electron chi connectivity index (χ3n) is 3.47. The largest absolute Gasteiger partial charge is 0.296 e. The first-order valence-electron chi connectivity index (χ1n) is 6.24. The van der Waals surface area contributed by atoms with E-state index >= 15 is 0 Å². The summed E-state index contributed by atoms with van der Waals surface area (Å²) in [7, 11) is 0. The van der Waals surface area contributed by atoms with Gasteiger partial charge < -0.3 is 0 Å². The van der Waals surface area contributed by atoms with E-state index in [9.17, 15) is 4.39 Å². The third-order valence-corrected chi connectivity index (χ3v) is 3.47. The van der Waals surface area contributed by atoms with E-state index in [0.29, 0.717) is 0 Å². The summed E-state index contributed by atoms with van der Waals surface area (Å²) >= 11 is 0. The summed E-state index contributed by atoms with van der Waals surface area (Å²) in [5, 5.41) is 0. The van der Waals surface area contributed by atoms with Crippen LogP contribution in [0.5, 0.6) is 0 Å². The van der Waals surface area contributed by atoms with Gasteiger partial charge in [-0.15, -0.1) is 0 Å². The zero-order valence-corrected chi connectivity index (χ0v) is 11.7. The van der Waals surface area contributed by atoms with Gasteiger partial charge >= 0.3 is 0 Å². The molecule has 96 valence electrons. The maximum atomic E-state index is 13.2. The van der Waals surface area contributed by atoms with Crippen molar-refractivity contribution in [2.45, 2.75) is 58.7 Å². The molecule has 1 fully saturated rings. The maximum absolute atomic E-state index is 13.2. The van der Waals surface area contributed by atoms with Crippen molar-refractivity contribution in [1.82, 2.24) is 9.80 Å². The third kappa shape index (κ3) is 3.17. The number of rotatable bonds is 1. The highest BCUT2D eigenvalue weighted by Gasteiger charge is 2.36. The zero-order chi connectivity index (χ0) is 12.6. The molecule has 1 heterocycles. The molecule has 1 unspecified atom stereocenters. The summed E-state index contributed by atoms with van der Waals surface area (Å²) in [6.45, 7) is 15.7. The second kappa shape index (κ2) is 4.61. The average Bonchev–Trinajstić information content (AvgIpc) is 2.14. The zero-order valence-electron chi connectivity index (χ0n) is 11.7. The normalized spacial score (nSPS) is 26.1. The van der Waals surface area contributed by atoms with Crippen molar-refractivity contribution in [3.63, 3.8) is 0 Å². The Bertz CT molecular complexity index is 227. The van der Waals surface area contributed by atoms with Crippen molar-refractivity contribution in [1.29, 1.82) is 0 Å². The van der Waals surface area contributed by atoms with Gasteiger partial charge in [-0.25, -0.2) is 4.39 Å². The maximum Gasteiger partial charge on any atom is 0.106 e. The molecule has 3 heteroatoms. The summed E-state index contributed by atoms with van der Waals surface area (Å²) < 4.78 is 13.2. The van der Waals surface area contributed by atoms with Crippen LogP contribution in [0.25, 0.3) is 0 Å². The molecule has 1 saturated heterocycles. The van der Waals surface area contributed by atoms with Crippen LogP contribution >= 0.6 is 0 Å². The second-order valence-corrected chi connectivity index (χ2v) is 6.79. The summed E-state index contributed by atoms with van der Waals surface area (Å²) in [5.41, 5.74) is 0.220. The lowest BCUT2D eigenvalue weighted by molar-refractivity contribution is -0.0295. The molecule has 0 bridgehead atoms. The Morgan fingerprint density at radius 3 is 1.94 bits per heavy atom. The molecule has 0 radical (unpaired) electrons. The number of piperazine rings is 1. The molecule has 16 heavy (non-hydrogen) atoms. The fraction of sp³-hybridized carbons (Fsp3) is 1.00. The number of halogens is 1. The van der Waals surface area contributed by atoms with E-state index in [4.69, 9.17) is 0 Å². The highest BCUT2D eigenvalue weighted by atomic mass is 19.1. The second-order valence-electron chi connectivity index (χ2n) is 6.79. The van der Waals surface area contributed by atoms with Crippen LogP contribution in [0, 0.1) is 0 Å². The monoisotopic (exact) mass is 230 g/mol. The molecule has 0 amide bonds. The number of nitrogens with zero attached hydrogens (tertiary/aromatic N) is 2. The van der Waals surface area contributed by atoms with Crippen LogP contribution < -0.4 is 0 Å². The first-order chi connectivity index (χ1) is 7.16. The summed E-state index contributed by atoms with van der Waals surface area (Å²) in [4.78, 5) is 4.69. The van der Waals surface area contributed by atoms with Crippen LogP contribution in [0.15, 0.2) is 0 Å². The van der Waals surface area contributed by atoms with Crippen LogP contribution in [0.4, 0.5) is 4.39 Å². The topological polar surface area (TPSA) is 6.48 Å². The van der Waals surface area contributed by atoms with Gasteiger partial charge in [-0.05, 0) is 41.5 Å². The van der Waals surface area contributed by atoms with Crippen LogP contribution in [-0.2, 0) is 0 Å². The predicted molar refractivity (Wildman–Crippen MR) is 67.5 cm³/mol. The van der Waals surface area contributed by atoms with Gasteiger partial charge in [0.05, 0.1) is 6.04 Å². The molecular formula is C13H27FN2. The Labute approximate surface area is 99.8 Å². The van der Waals surface area contributed by atoms with E-state index in [1.54, 1.807) is 0 Å². The molecule has 1 atom stereocenters. The van der Waals surface area contributed by atoms with Gasteiger partial charge in [0.2, 0.25) is 0 Å².